The topological polar surface area (TPSA) is 96.0 Å². The quantitative estimate of drug-likeness (QED) is 0.168. The van der Waals surface area contributed by atoms with Gasteiger partial charge in [0.2, 0.25) is 5.75 Å². The van der Waals surface area contributed by atoms with Gasteiger partial charge in [0.05, 0.1) is 28.4 Å². The number of hydrogen-bond donors (Lipinski definition) is 0. The average molecular weight is 653 g/mol. The molecule has 6 rings (SSSR count). The molecule has 0 aromatic heterocycles. The van der Waals surface area contributed by atoms with Crippen molar-refractivity contribution in [2.24, 2.45) is 0 Å². The van der Waals surface area contributed by atoms with Crippen molar-refractivity contribution in [1.82, 2.24) is 9.80 Å². The lowest BCUT2D eigenvalue weighted by Gasteiger charge is -2.37. The summed E-state index contributed by atoms with van der Waals surface area (Å²) >= 11 is 0. The van der Waals surface area contributed by atoms with E-state index in [-0.39, 0.29) is 11.9 Å². The maximum atomic E-state index is 13.1. The summed E-state index contributed by atoms with van der Waals surface area (Å²) in [6.07, 6.45) is 2.92. The second kappa shape index (κ2) is 13.9. The molecule has 2 aliphatic heterocycles. The summed E-state index contributed by atoms with van der Waals surface area (Å²) in [6, 6.07) is 18.4. The molecular weight excluding hydrogens is 612 g/mol. The van der Waals surface area contributed by atoms with Crippen LogP contribution in [-0.2, 0) is 19.3 Å². The van der Waals surface area contributed by atoms with Crippen molar-refractivity contribution in [3.63, 3.8) is 0 Å². The first-order valence-electron chi connectivity index (χ1n) is 15.8. The first kappa shape index (κ1) is 32.7. The van der Waals surface area contributed by atoms with Gasteiger partial charge in [-0.2, -0.15) is 0 Å². The van der Waals surface area contributed by atoms with Crippen LogP contribution in [0.4, 0.5) is 0 Å². The van der Waals surface area contributed by atoms with E-state index in [1.807, 2.05) is 30.3 Å². The number of hydrogen-bond acceptors (Lipinski definition) is 9. The standard InChI is InChI=1S/C38H40N2O8/c1-39-15-14-26-20-34(45-5)36(46-6)37(48-33-21-28-25(19-31(33)44-4)13-16-40(2)38(28)42)35(26)29(39)17-24-9-12-30(43-3)32(18-24)47-27-10-7-23(22-41)8-11-27/h7-12,18-22,29H,13-17H2,1-6H3. The lowest BCUT2D eigenvalue weighted by molar-refractivity contribution is 0.0780. The van der Waals surface area contributed by atoms with E-state index >= 15 is 0 Å². The molecule has 0 saturated heterocycles. The maximum absolute atomic E-state index is 13.1. The number of carbonyl (C=O) groups is 2. The van der Waals surface area contributed by atoms with E-state index in [0.29, 0.717) is 70.1 Å². The Morgan fingerprint density at radius 1 is 0.708 bits per heavy atom. The van der Waals surface area contributed by atoms with E-state index < -0.39 is 0 Å². The van der Waals surface area contributed by atoms with Crippen LogP contribution in [-0.4, -0.2) is 77.6 Å². The van der Waals surface area contributed by atoms with Crippen LogP contribution < -0.4 is 28.4 Å². The fraction of sp³-hybridized carbons (Fsp3) is 0.316. The Hall–Kier alpha value is -5.22. The van der Waals surface area contributed by atoms with Gasteiger partial charge in [-0.1, -0.05) is 6.07 Å². The van der Waals surface area contributed by atoms with Gasteiger partial charge in [-0.15, -0.1) is 0 Å². The van der Waals surface area contributed by atoms with Gasteiger partial charge in [0.15, 0.2) is 34.5 Å². The Bertz CT molecular complexity index is 1840. The molecule has 0 aliphatic carbocycles. The van der Waals surface area contributed by atoms with Crippen molar-refractivity contribution in [3.8, 4) is 46.0 Å². The van der Waals surface area contributed by atoms with Crippen molar-refractivity contribution in [2.45, 2.75) is 25.3 Å². The van der Waals surface area contributed by atoms with Gasteiger partial charge in [-0.05, 0) is 97.6 Å². The van der Waals surface area contributed by atoms with Crippen molar-refractivity contribution < 1.29 is 38.0 Å². The number of ether oxygens (including phenoxy) is 6. The summed E-state index contributed by atoms with van der Waals surface area (Å²) in [6.45, 7) is 1.46. The Morgan fingerprint density at radius 3 is 2.08 bits per heavy atom. The molecule has 0 radical (unpaired) electrons. The highest BCUT2D eigenvalue weighted by Crippen LogP contribution is 2.51. The third-order valence-corrected chi connectivity index (χ3v) is 9.15. The summed E-state index contributed by atoms with van der Waals surface area (Å²) in [5, 5.41) is 0. The van der Waals surface area contributed by atoms with Gasteiger partial charge in [0.25, 0.3) is 5.91 Å². The largest absolute Gasteiger partial charge is 0.493 e. The van der Waals surface area contributed by atoms with Gasteiger partial charge in [-0.3, -0.25) is 14.5 Å². The summed E-state index contributed by atoms with van der Waals surface area (Å²) in [4.78, 5) is 28.3. The zero-order valence-electron chi connectivity index (χ0n) is 28.1. The Balaban J connectivity index is 1.42. The molecule has 10 heteroatoms. The smallest absolute Gasteiger partial charge is 0.254 e. The van der Waals surface area contributed by atoms with Crippen molar-refractivity contribution in [2.75, 3.05) is 55.6 Å². The third-order valence-electron chi connectivity index (χ3n) is 9.15. The molecule has 0 bridgehead atoms. The minimum atomic E-state index is -0.118. The van der Waals surface area contributed by atoms with E-state index in [1.165, 1.54) is 0 Å². The van der Waals surface area contributed by atoms with Crippen LogP contribution in [0.3, 0.4) is 0 Å². The van der Waals surface area contributed by atoms with Crippen molar-refractivity contribution >= 4 is 12.2 Å². The number of amides is 1. The zero-order chi connectivity index (χ0) is 33.9. The van der Waals surface area contributed by atoms with Crippen molar-refractivity contribution in [1.29, 1.82) is 0 Å². The summed E-state index contributed by atoms with van der Waals surface area (Å²) < 4.78 is 36.2. The molecule has 0 spiro atoms. The lowest BCUT2D eigenvalue weighted by Crippen LogP contribution is -2.34. The van der Waals surface area contributed by atoms with E-state index in [1.54, 1.807) is 70.7 Å². The van der Waals surface area contributed by atoms with E-state index in [4.69, 9.17) is 28.4 Å². The number of methoxy groups -OCH3 is 4. The van der Waals surface area contributed by atoms with Gasteiger partial charge in [0, 0.05) is 42.9 Å². The minimum absolute atomic E-state index is 0.0572. The number of likely N-dealkylation sites (N-methyl/N-ethyl adjacent to an activating group) is 2. The lowest BCUT2D eigenvalue weighted by atomic mass is 9.87. The predicted molar refractivity (Wildman–Crippen MR) is 181 cm³/mol. The molecule has 4 aromatic rings. The minimum Gasteiger partial charge on any atom is -0.493 e. The number of nitrogens with zero attached hydrogens (tertiary/aromatic N) is 2. The third kappa shape index (κ3) is 6.23. The molecule has 0 saturated carbocycles. The zero-order valence-corrected chi connectivity index (χ0v) is 28.1. The molecule has 2 heterocycles. The Kier molecular flexibility index (Phi) is 9.45. The van der Waals surface area contributed by atoms with Gasteiger partial charge >= 0.3 is 0 Å². The second-order valence-electron chi connectivity index (χ2n) is 12.0. The van der Waals surface area contributed by atoms with Crippen LogP contribution in [0, 0.1) is 0 Å². The first-order valence-corrected chi connectivity index (χ1v) is 15.8. The normalized spacial score (nSPS) is 15.7. The predicted octanol–water partition coefficient (Wildman–Crippen LogP) is 6.52. The fourth-order valence-corrected chi connectivity index (χ4v) is 6.48. The Labute approximate surface area is 280 Å². The summed E-state index contributed by atoms with van der Waals surface area (Å²) in [5.41, 5.74) is 5.15. The molecule has 2 aliphatic rings. The highest BCUT2D eigenvalue weighted by Gasteiger charge is 2.34. The molecule has 1 unspecified atom stereocenters. The SMILES string of the molecule is COc1ccc(CC2c3c(cc(OC)c(OC)c3Oc3cc4c(cc3OC)CCN(C)C4=O)CCN2C)cc1Oc1ccc(C=O)cc1. The van der Waals surface area contributed by atoms with Gasteiger partial charge < -0.3 is 33.3 Å². The average Bonchev–Trinajstić information content (AvgIpc) is 3.11. The molecule has 1 amide bonds. The van der Waals surface area contributed by atoms with Gasteiger partial charge in [-0.25, -0.2) is 0 Å². The fourth-order valence-electron chi connectivity index (χ4n) is 6.48. The van der Waals surface area contributed by atoms with Crippen LogP contribution in [0.1, 0.15) is 49.0 Å². The van der Waals surface area contributed by atoms with Crippen LogP contribution in [0.5, 0.6) is 46.0 Å². The molecule has 10 nitrogen and oxygen atoms in total. The van der Waals surface area contributed by atoms with Crippen LogP contribution >= 0.6 is 0 Å². The number of rotatable bonds is 11. The molecule has 1 atom stereocenters. The van der Waals surface area contributed by atoms with Crippen LogP contribution in [0.2, 0.25) is 0 Å². The van der Waals surface area contributed by atoms with E-state index in [0.717, 1.165) is 47.9 Å². The summed E-state index contributed by atoms with van der Waals surface area (Å²) in [5.74, 6) is 4.16. The maximum Gasteiger partial charge on any atom is 0.254 e. The second-order valence-corrected chi connectivity index (χ2v) is 12.0. The first-order chi connectivity index (χ1) is 23.3. The Morgan fingerprint density at radius 2 is 1.40 bits per heavy atom. The molecule has 0 fully saturated rings. The molecular formula is C38H40N2O8. The van der Waals surface area contributed by atoms with E-state index in [9.17, 15) is 9.59 Å². The number of fused-ring (bicyclic) bond motifs is 2. The van der Waals surface area contributed by atoms with E-state index in [2.05, 4.69) is 11.9 Å². The van der Waals surface area contributed by atoms with Crippen LogP contribution in [0.25, 0.3) is 0 Å². The monoisotopic (exact) mass is 652 g/mol. The van der Waals surface area contributed by atoms with Gasteiger partial charge in [0.1, 0.15) is 12.0 Å². The molecule has 0 N–H and O–H groups in total. The summed E-state index contributed by atoms with van der Waals surface area (Å²) in [7, 11) is 10.3. The number of aldehydes is 1. The molecule has 48 heavy (non-hydrogen) atoms. The number of benzene rings is 4. The van der Waals surface area contributed by atoms with Crippen molar-refractivity contribution in [3.05, 3.63) is 94.0 Å². The molecule has 4 aromatic carbocycles. The highest BCUT2D eigenvalue weighted by atomic mass is 16.5. The highest BCUT2D eigenvalue weighted by molar-refractivity contribution is 5.97. The molecule has 250 valence electrons. The number of carbonyl (C=O) groups excluding carboxylic acids is 2. The van der Waals surface area contributed by atoms with Crippen LogP contribution in [0.15, 0.2) is 60.7 Å².